The Balaban J connectivity index is 0.000000157. The molecule has 0 saturated carbocycles. The number of aromatic nitrogens is 10. The van der Waals surface area contributed by atoms with Gasteiger partial charge in [-0.1, -0.05) is 103 Å². The molecular formula is C43H58N10. The number of hydrogen-bond donors (Lipinski definition) is 0. The highest BCUT2D eigenvalue weighted by Crippen LogP contribution is 2.27. The summed E-state index contributed by atoms with van der Waals surface area (Å²) in [5, 5.41) is 7.99. The third-order valence-electron chi connectivity index (χ3n) is 8.64. The summed E-state index contributed by atoms with van der Waals surface area (Å²) in [6, 6.07) is 12.6. The predicted molar refractivity (Wildman–Crippen MR) is 218 cm³/mol. The molecule has 0 unspecified atom stereocenters. The number of pyridine rings is 3. The molecule has 0 atom stereocenters. The predicted octanol–water partition coefficient (Wildman–Crippen LogP) is 9.95. The first-order valence-corrected chi connectivity index (χ1v) is 17.8. The van der Waals surface area contributed by atoms with Gasteiger partial charge in [-0.15, -0.1) is 10.2 Å². The maximum Gasteiger partial charge on any atom is 0.164 e. The third-order valence-corrected chi connectivity index (χ3v) is 8.64. The SMILES string of the molecule is C.CC(C)(C)c1cccn2ccnc12.CC(C)(C)c1cccn2cnnc12.CC(C)(C)c1ccn2ccnc2c1.CC(C)(C)c1nccn2ccnc12. The Hall–Kier alpha value is -5.38. The fraction of sp³-hybridized carbons (Fsp3) is 0.395. The van der Waals surface area contributed by atoms with E-state index in [0.717, 1.165) is 28.3 Å². The summed E-state index contributed by atoms with van der Waals surface area (Å²) < 4.78 is 8.02. The number of nitrogens with zero attached hydrogens (tertiary/aromatic N) is 10. The minimum atomic E-state index is 0. The third kappa shape index (κ3) is 9.74. The largest absolute Gasteiger partial charge is 0.307 e. The van der Waals surface area contributed by atoms with Crippen LogP contribution in [0.15, 0.2) is 111 Å². The molecule has 53 heavy (non-hydrogen) atoms. The molecule has 8 rings (SSSR count). The average Bonchev–Trinajstić information content (AvgIpc) is 3.89. The van der Waals surface area contributed by atoms with E-state index in [1.165, 1.54) is 16.7 Å². The Labute approximate surface area is 315 Å². The second-order valence-corrected chi connectivity index (χ2v) is 17.1. The summed E-state index contributed by atoms with van der Waals surface area (Å²) in [5.74, 6) is 0. The molecule has 10 nitrogen and oxygen atoms in total. The van der Waals surface area contributed by atoms with Gasteiger partial charge in [0, 0.05) is 84.7 Å². The lowest BCUT2D eigenvalue weighted by molar-refractivity contribution is 0.570. The molecule has 0 aliphatic heterocycles. The molecule has 0 N–H and O–H groups in total. The van der Waals surface area contributed by atoms with Crippen LogP contribution < -0.4 is 0 Å². The lowest BCUT2D eigenvalue weighted by Gasteiger charge is -2.19. The molecule has 0 aliphatic carbocycles. The molecule has 0 fully saturated rings. The zero-order chi connectivity index (χ0) is 37.9. The molecule has 0 amide bonds. The second kappa shape index (κ2) is 15.7. The van der Waals surface area contributed by atoms with Crippen LogP contribution in [0.4, 0.5) is 0 Å². The average molecular weight is 715 g/mol. The van der Waals surface area contributed by atoms with E-state index < -0.39 is 0 Å². The molecule has 0 radical (unpaired) electrons. The summed E-state index contributed by atoms with van der Waals surface area (Å²) in [7, 11) is 0. The van der Waals surface area contributed by atoms with Crippen molar-refractivity contribution in [3.05, 3.63) is 133 Å². The number of fused-ring (bicyclic) bond motifs is 4. The lowest BCUT2D eigenvalue weighted by Crippen LogP contribution is -2.15. The topological polar surface area (TPSA) is 95.0 Å². The molecule has 0 bridgehead atoms. The Morgan fingerprint density at radius 3 is 1.55 bits per heavy atom. The number of imidazole rings is 3. The summed E-state index contributed by atoms with van der Waals surface area (Å²) in [5.41, 5.74) is 9.41. The standard InChI is InChI=1S/2C11H14N2.2C10H13N3.CH4/c1-11(2,3)9-4-6-13-7-5-12-10(13)8-9;1-11(2,3)9-5-4-7-13-8-6-12-10(9)13;1-10(2,3)8-9-12-5-7-13(9)6-4-11-8;1-10(2,3)8-5-4-6-13-7-11-12-9(8)13;/h2*4-8H,1-3H3;2*4-7H,1-3H3;1H4. The van der Waals surface area contributed by atoms with Gasteiger partial charge >= 0.3 is 0 Å². The van der Waals surface area contributed by atoms with Crippen LogP contribution in [0.3, 0.4) is 0 Å². The monoisotopic (exact) mass is 714 g/mol. The van der Waals surface area contributed by atoms with Gasteiger partial charge in [-0.2, -0.15) is 0 Å². The van der Waals surface area contributed by atoms with Crippen molar-refractivity contribution in [3.63, 3.8) is 0 Å². The van der Waals surface area contributed by atoms with Gasteiger partial charge < -0.3 is 13.2 Å². The maximum absolute atomic E-state index is 4.37. The van der Waals surface area contributed by atoms with Crippen molar-refractivity contribution in [2.75, 3.05) is 0 Å². The van der Waals surface area contributed by atoms with Crippen LogP contribution in [-0.4, -0.2) is 47.7 Å². The zero-order valence-corrected chi connectivity index (χ0v) is 32.9. The Bertz CT molecular complexity index is 2160. The van der Waals surface area contributed by atoms with Crippen LogP contribution in [0.25, 0.3) is 22.6 Å². The van der Waals surface area contributed by atoms with Gasteiger partial charge in [-0.05, 0) is 46.1 Å². The van der Waals surface area contributed by atoms with E-state index in [9.17, 15) is 0 Å². The summed E-state index contributed by atoms with van der Waals surface area (Å²) in [4.78, 5) is 17.3. The van der Waals surface area contributed by atoms with Crippen molar-refractivity contribution >= 4 is 22.6 Å². The van der Waals surface area contributed by atoms with Crippen molar-refractivity contribution < 1.29 is 0 Å². The normalized spacial score (nSPS) is 12.0. The smallest absolute Gasteiger partial charge is 0.164 e. The van der Waals surface area contributed by atoms with Gasteiger partial charge in [-0.3, -0.25) is 9.38 Å². The Kier molecular flexibility index (Phi) is 12.0. The molecule has 0 saturated heterocycles. The molecule has 8 aromatic rings. The highest BCUT2D eigenvalue weighted by molar-refractivity contribution is 5.51. The molecule has 10 heteroatoms. The molecule has 0 aliphatic rings. The van der Waals surface area contributed by atoms with E-state index in [-0.39, 0.29) is 29.1 Å². The maximum atomic E-state index is 4.37. The molecule has 280 valence electrons. The van der Waals surface area contributed by atoms with Crippen molar-refractivity contribution in [1.82, 2.24) is 47.7 Å². The molecule has 0 spiro atoms. The fourth-order valence-electron chi connectivity index (χ4n) is 5.73. The summed E-state index contributed by atoms with van der Waals surface area (Å²) >= 11 is 0. The highest BCUT2D eigenvalue weighted by Gasteiger charge is 2.20. The minimum Gasteiger partial charge on any atom is -0.307 e. The van der Waals surface area contributed by atoms with Gasteiger partial charge in [-0.25, -0.2) is 15.0 Å². The van der Waals surface area contributed by atoms with Crippen molar-refractivity contribution in [1.29, 1.82) is 0 Å². The van der Waals surface area contributed by atoms with Crippen LogP contribution in [0.5, 0.6) is 0 Å². The Morgan fingerprint density at radius 2 is 0.962 bits per heavy atom. The van der Waals surface area contributed by atoms with Crippen LogP contribution in [0.1, 0.15) is 113 Å². The van der Waals surface area contributed by atoms with Gasteiger partial charge in [0.1, 0.15) is 17.6 Å². The molecule has 0 aromatic carbocycles. The van der Waals surface area contributed by atoms with Crippen LogP contribution in [0.2, 0.25) is 0 Å². The second-order valence-electron chi connectivity index (χ2n) is 17.1. The van der Waals surface area contributed by atoms with E-state index in [2.05, 4.69) is 154 Å². The molecule has 8 aromatic heterocycles. The number of rotatable bonds is 0. The van der Waals surface area contributed by atoms with E-state index in [0.29, 0.717) is 0 Å². The lowest BCUT2D eigenvalue weighted by atomic mass is 9.88. The number of hydrogen-bond acceptors (Lipinski definition) is 6. The first-order valence-electron chi connectivity index (χ1n) is 17.8. The van der Waals surface area contributed by atoms with Gasteiger partial charge in [0.2, 0.25) is 0 Å². The fourth-order valence-corrected chi connectivity index (χ4v) is 5.73. The summed E-state index contributed by atoms with van der Waals surface area (Å²) in [6.45, 7) is 26.2. The first-order chi connectivity index (χ1) is 24.3. The Morgan fingerprint density at radius 1 is 0.453 bits per heavy atom. The quantitative estimate of drug-likeness (QED) is 0.155. The van der Waals surface area contributed by atoms with Crippen molar-refractivity contribution in [2.45, 2.75) is 112 Å². The minimum absolute atomic E-state index is 0. The van der Waals surface area contributed by atoms with Crippen LogP contribution >= 0.6 is 0 Å². The van der Waals surface area contributed by atoms with Gasteiger partial charge in [0.15, 0.2) is 11.3 Å². The van der Waals surface area contributed by atoms with E-state index >= 15 is 0 Å². The van der Waals surface area contributed by atoms with Crippen LogP contribution in [-0.2, 0) is 21.7 Å². The van der Waals surface area contributed by atoms with Gasteiger partial charge in [0.05, 0.1) is 5.69 Å². The van der Waals surface area contributed by atoms with E-state index in [4.69, 9.17) is 0 Å². The summed E-state index contributed by atoms with van der Waals surface area (Å²) in [6.07, 6.45) is 22.8. The highest BCUT2D eigenvalue weighted by atomic mass is 15.2. The zero-order valence-electron chi connectivity index (χ0n) is 32.9. The molecular weight excluding hydrogens is 657 g/mol. The molecule has 8 heterocycles. The van der Waals surface area contributed by atoms with Gasteiger partial charge in [0.25, 0.3) is 0 Å². The van der Waals surface area contributed by atoms with Crippen LogP contribution in [0, 0.1) is 0 Å². The van der Waals surface area contributed by atoms with Crippen molar-refractivity contribution in [3.8, 4) is 0 Å². The van der Waals surface area contributed by atoms with E-state index in [1.807, 2.05) is 75.0 Å². The van der Waals surface area contributed by atoms with E-state index in [1.54, 1.807) is 12.5 Å². The first kappa shape index (κ1) is 40.4. The van der Waals surface area contributed by atoms with Crippen molar-refractivity contribution in [2.24, 2.45) is 0 Å².